The molecule has 2 rings (SSSR count). The molecule has 0 amide bonds. The molecule has 2 aliphatic rings. The zero-order valence-corrected chi connectivity index (χ0v) is 14.6. The number of hydrogen-bond donors (Lipinski definition) is 1. The lowest BCUT2D eigenvalue weighted by Crippen LogP contribution is -2.41. The van der Waals surface area contributed by atoms with E-state index in [1.807, 2.05) is 0 Å². The molecule has 0 saturated carbocycles. The number of hydrogen-bond acceptors (Lipinski definition) is 6. The smallest absolute Gasteiger partial charge is 0.334 e. The minimum Gasteiger partial charge on any atom is -0.458 e. The first-order chi connectivity index (χ1) is 11.6. The maximum Gasteiger partial charge on any atom is 0.334 e. The molecule has 0 bridgehead atoms. The number of carbonyl (C=O) groups excluding carboxylic acids is 3. The largest absolute Gasteiger partial charge is 0.458 e. The monoisotopic (exact) mass is 346 g/mol. The van der Waals surface area contributed by atoms with Gasteiger partial charge in [-0.15, -0.1) is 0 Å². The summed E-state index contributed by atoms with van der Waals surface area (Å²) in [5.41, 5.74) is 1.38. The maximum absolute atomic E-state index is 12.0. The fourth-order valence-corrected chi connectivity index (χ4v) is 3.01. The van der Waals surface area contributed by atoms with Crippen LogP contribution in [0.3, 0.4) is 0 Å². The van der Waals surface area contributed by atoms with Crippen molar-refractivity contribution in [1.82, 2.24) is 0 Å². The minimum absolute atomic E-state index is 0.135. The maximum atomic E-state index is 12.0. The van der Waals surface area contributed by atoms with Crippen molar-refractivity contribution in [2.45, 2.75) is 45.5 Å². The fraction of sp³-hybridized carbons (Fsp3) is 0.421. The van der Waals surface area contributed by atoms with Crippen LogP contribution in [0.4, 0.5) is 0 Å². The van der Waals surface area contributed by atoms with E-state index in [1.54, 1.807) is 13.8 Å². The molecule has 0 aromatic rings. The molecule has 1 heterocycles. The van der Waals surface area contributed by atoms with Gasteiger partial charge in [0.1, 0.15) is 18.3 Å². The topological polar surface area (TPSA) is 89.9 Å². The predicted molar refractivity (Wildman–Crippen MR) is 90.3 cm³/mol. The van der Waals surface area contributed by atoms with E-state index in [2.05, 4.69) is 13.2 Å². The van der Waals surface area contributed by atoms with Crippen molar-refractivity contribution in [3.63, 3.8) is 0 Å². The van der Waals surface area contributed by atoms with Gasteiger partial charge < -0.3 is 14.6 Å². The van der Waals surface area contributed by atoms with Gasteiger partial charge in [-0.05, 0) is 38.5 Å². The highest BCUT2D eigenvalue weighted by Crippen LogP contribution is 2.37. The van der Waals surface area contributed by atoms with Gasteiger partial charge in [0, 0.05) is 17.6 Å². The van der Waals surface area contributed by atoms with Crippen LogP contribution in [0, 0.1) is 5.92 Å². The summed E-state index contributed by atoms with van der Waals surface area (Å²) in [6.45, 7) is 12.1. The minimum atomic E-state index is -1.20. The van der Waals surface area contributed by atoms with E-state index in [9.17, 15) is 19.5 Å². The number of ketones is 1. The standard InChI is InChI=1S/C19H22O6/c1-9(2)18(22)24-14-7-10(3)6-13(20)8-11(4)16(21)17-15(14)12(5)19(23)25-17/h6,8,14-17,21H,1,5,7H2,2-4H3/b10-6-,11-8+/t14-,15+,16-,17-/m0/s1. The Morgan fingerprint density at radius 2 is 1.96 bits per heavy atom. The average molecular weight is 346 g/mol. The third kappa shape index (κ3) is 3.96. The number of esters is 2. The number of aliphatic hydroxyl groups is 1. The molecule has 25 heavy (non-hydrogen) atoms. The highest BCUT2D eigenvalue weighted by Gasteiger charge is 2.48. The van der Waals surface area contributed by atoms with Gasteiger partial charge in [-0.2, -0.15) is 0 Å². The summed E-state index contributed by atoms with van der Waals surface area (Å²) in [7, 11) is 0. The van der Waals surface area contributed by atoms with Crippen molar-refractivity contribution >= 4 is 17.7 Å². The number of aliphatic hydroxyl groups excluding tert-OH is 1. The molecule has 0 unspecified atom stereocenters. The van der Waals surface area contributed by atoms with E-state index in [1.165, 1.54) is 19.1 Å². The van der Waals surface area contributed by atoms with Gasteiger partial charge in [0.05, 0.1) is 5.92 Å². The van der Waals surface area contributed by atoms with Crippen LogP contribution in [0.25, 0.3) is 0 Å². The van der Waals surface area contributed by atoms with E-state index >= 15 is 0 Å². The average Bonchev–Trinajstić information content (AvgIpc) is 2.80. The third-order valence-electron chi connectivity index (χ3n) is 4.33. The Kier molecular flexibility index (Phi) is 5.42. The Balaban J connectivity index is 2.50. The van der Waals surface area contributed by atoms with Crippen molar-refractivity contribution in [2.75, 3.05) is 0 Å². The summed E-state index contributed by atoms with van der Waals surface area (Å²) in [4.78, 5) is 36.0. The van der Waals surface area contributed by atoms with Crippen LogP contribution < -0.4 is 0 Å². The van der Waals surface area contributed by atoms with Gasteiger partial charge in [0.2, 0.25) is 0 Å². The Morgan fingerprint density at radius 1 is 1.32 bits per heavy atom. The summed E-state index contributed by atoms with van der Waals surface area (Å²) >= 11 is 0. The van der Waals surface area contributed by atoms with Crippen LogP contribution in [0.1, 0.15) is 27.2 Å². The second kappa shape index (κ2) is 7.19. The molecule has 6 nitrogen and oxygen atoms in total. The Morgan fingerprint density at radius 3 is 2.56 bits per heavy atom. The molecule has 1 aliphatic heterocycles. The quantitative estimate of drug-likeness (QED) is 0.606. The molecule has 1 fully saturated rings. The van der Waals surface area contributed by atoms with E-state index in [-0.39, 0.29) is 23.4 Å². The Bertz CT molecular complexity index is 711. The first-order valence-corrected chi connectivity index (χ1v) is 7.95. The molecule has 0 aromatic carbocycles. The van der Waals surface area contributed by atoms with Crippen LogP contribution in [0.5, 0.6) is 0 Å². The molecule has 6 heteroatoms. The zero-order chi connectivity index (χ0) is 18.9. The molecule has 0 radical (unpaired) electrons. The van der Waals surface area contributed by atoms with Crippen molar-refractivity contribution in [1.29, 1.82) is 0 Å². The number of carbonyl (C=O) groups is 3. The lowest BCUT2D eigenvalue weighted by Gasteiger charge is -2.30. The molecule has 1 saturated heterocycles. The van der Waals surface area contributed by atoms with Crippen LogP contribution >= 0.6 is 0 Å². The SMILES string of the molecule is C=C(C)C(=O)O[C@H]1C/C(C)=C\C(=O)/C=C(\C)[C@H](O)[C@H]2OC(=O)C(=C)[C@@H]21. The number of fused-ring (bicyclic) bond motifs is 1. The van der Waals surface area contributed by atoms with Crippen LogP contribution in [-0.2, 0) is 23.9 Å². The van der Waals surface area contributed by atoms with Gasteiger partial charge in [-0.3, -0.25) is 4.79 Å². The molecular formula is C19H22O6. The van der Waals surface area contributed by atoms with E-state index in [4.69, 9.17) is 9.47 Å². The summed E-state index contributed by atoms with van der Waals surface area (Å²) in [5.74, 6) is -2.27. The fourth-order valence-electron chi connectivity index (χ4n) is 3.01. The molecule has 134 valence electrons. The predicted octanol–water partition coefficient (Wildman–Crippen LogP) is 1.80. The molecule has 4 atom stereocenters. The van der Waals surface area contributed by atoms with Gasteiger partial charge >= 0.3 is 11.9 Å². The summed E-state index contributed by atoms with van der Waals surface area (Å²) in [6, 6.07) is 0. The van der Waals surface area contributed by atoms with E-state index < -0.39 is 36.2 Å². The van der Waals surface area contributed by atoms with Gasteiger partial charge in [0.25, 0.3) is 0 Å². The number of rotatable bonds is 2. The first kappa shape index (κ1) is 18.9. The number of ether oxygens (including phenoxy) is 2. The summed E-state index contributed by atoms with van der Waals surface area (Å²) in [5, 5.41) is 10.5. The second-order valence-corrected chi connectivity index (χ2v) is 6.58. The highest BCUT2D eigenvalue weighted by molar-refractivity contribution is 6.00. The molecule has 1 aliphatic carbocycles. The summed E-state index contributed by atoms with van der Waals surface area (Å²) < 4.78 is 10.8. The van der Waals surface area contributed by atoms with Crippen molar-refractivity contribution in [3.8, 4) is 0 Å². The third-order valence-corrected chi connectivity index (χ3v) is 4.33. The van der Waals surface area contributed by atoms with Gasteiger partial charge in [0.15, 0.2) is 5.78 Å². The summed E-state index contributed by atoms with van der Waals surface area (Å²) in [6.07, 6.45) is -0.0503. The first-order valence-electron chi connectivity index (χ1n) is 7.95. The van der Waals surface area contributed by atoms with Crippen LogP contribution in [0.2, 0.25) is 0 Å². The van der Waals surface area contributed by atoms with Gasteiger partial charge in [-0.1, -0.05) is 18.7 Å². The van der Waals surface area contributed by atoms with E-state index in [0.29, 0.717) is 11.1 Å². The van der Waals surface area contributed by atoms with Gasteiger partial charge in [-0.25, -0.2) is 9.59 Å². The lowest BCUT2D eigenvalue weighted by molar-refractivity contribution is -0.150. The molecule has 1 N–H and O–H groups in total. The number of allylic oxidation sites excluding steroid dienone is 2. The van der Waals surface area contributed by atoms with Crippen molar-refractivity contribution in [2.24, 2.45) is 5.92 Å². The van der Waals surface area contributed by atoms with Crippen molar-refractivity contribution in [3.05, 3.63) is 47.6 Å². The molecule has 0 aromatic heterocycles. The Labute approximate surface area is 146 Å². The van der Waals surface area contributed by atoms with Crippen LogP contribution in [-0.4, -0.2) is 41.1 Å². The zero-order valence-electron chi connectivity index (χ0n) is 14.6. The highest BCUT2D eigenvalue weighted by atomic mass is 16.6. The van der Waals surface area contributed by atoms with Crippen molar-refractivity contribution < 1.29 is 29.0 Å². The second-order valence-electron chi connectivity index (χ2n) is 6.58. The van der Waals surface area contributed by atoms with E-state index in [0.717, 1.165) is 0 Å². The normalized spacial score (nSPS) is 34.2. The lowest BCUT2D eigenvalue weighted by atomic mass is 9.83. The molecular weight excluding hydrogens is 324 g/mol. The van der Waals surface area contributed by atoms with Crippen LogP contribution in [0.15, 0.2) is 47.6 Å². The molecule has 0 spiro atoms. The Hall–Kier alpha value is -2.47.